The number of fused-ring (bicyclic) bond motifs is 2. The number of anilines is 3. The third kappa shape index (κ3) is 4.86. The molecule has 0 bridgehead atoms. The van der Waals surface area contributed by atoms with Crippen molar-refractivity contribution in [3.8, 4) is 11.5 Å². The molecule has 1 N–H and O–H groups in total. The fourth-order valence-corrected chi connectivity index (χ4v) is 4.87. The second kappa shape index (κ2) is 10.4. The van der Waals surface area contributed by atoms with Gasteiger partial charge >= 0.3 is 0 Å². The largest absolute Gasteiger partial charge is 0.457 e. The van der Waals surface area contributed by atoms with Gasteiger partial charge in [0.05, 0.1) is 23.4 Å². The zero-order valence-electron chi connectivity index (χ0n) is 22.7. The van der Waals surface area contributed by atoms with Crippen LogP contribution in [0.1, 0.15) is 12.0 Å². The van der Waals surface area contributed by atoms with Gasteiger partial charge in [-0.15, -0.1) is 5.10 Å². The minimum absolute atomic E-state index is 0.0183. The second-order valence-electron chi connectivity index (χ2n) is 9.81. The fourth-order valence-electron chi connectivity index (χ4n) is 4.87. The molecule has 41 heavy (non-hydrogen) atoms. The van der Waals surface area contributed by atoms with Crippen LogP contribution in [-0.4, -0.2) is 71.9 Å². The molecule has 208 valence electrons. The molecule has 4 heterocycles. The van der Waals surface area contributed by atoms with Crippen LogP contribution in [-0.2, 0) is 11.8 Å². The van der Waals surface area contributed by atoms with Crippen LogP contribution < -0.4 is 15.0 Å². The Morgan fingerprint density at radius 3 is 2.90 bits per heavy atom. The molecule has 5 aromatic rings. The average molecular weight is 555 g/mol. The van der Waals surface area contributed by atoms with Crippen LogP contribution in [0, 0.1) is 12.7 Å². The Balaban J connectivity index is 1.24. The summed E-state index contributed by atoms with van der Waals surface area (Å²) in [5.74, 6) is 1.11. The first kappa shape index (κ1) is 26.0. The van der Waals surface area contributed by atoms with Gasteiger partial charge in [0.1, 0.15) is 34.4 Å². The van der Waals surface area contributed by atoms with E-state index in [0.29, 0.717) is 58.5 Å². The molecule has 1 atom stereocenters. The van der Waals surface area contributed by atoms with Gasteiger partial charge in [0.25, 0.3) is 0 Å². The van der Waals surface area contributed by atoms with E-state index in [2.05, 4.69) is 37.2 Å². The van der Waals surface area contributed by atoms with Gasteiger partial charge in [-0.25, -0.2) is 29.0 Å². The number of carbonyl (C=O) groups excluding carboxylic acids is 1. The van der Waals surface area contributed by atoms with E-state index in [4.69, 9.17) is 9.72 Å². The first-order chi connectivity index (χ1) is 19.8. The summed E-state index contributed by atoms with van der Waals surface area (Å²) >= 11 is 0. The van der Waals surface area contributed by atoms with Crippen LogP contribution in [0.2, 0.25) is 0 Å². The van der Waals surface area contributed by atoms with Gasteiger partial charge in [-0.2, -0.15) is 0 Å². The number of amides is 1. The Kier molecular flexibility index (Phi) is 6.61. The van der Waals surface area contributed by atoms with Crippen molar-refractivity contribution in [2.75, 3.05) is 30.4 Å². The summed E-state index contributed by atoms with van der Waals surface area (Å²) in [7, 11) is 3.57. The molecule has 12 nitrogen and oxygen atoms in total. The third-order valence-electron chi connectivity index (χ3n) is 7.28. The van der Waals surface area contributed by atoms with Gasteiger partial charge in [-0.3, -0.25) is 4.79 Å². The number of hydrogen-bond acceptors (Lipinski definition) is 10. The molecule has 2 aromatic carbocycles. The first-order valence-corrected chi connectivity index (χ1v) is 13.0. The monoisotopic (exact) mass is 554 g/mol. The van der Waals surface area contributed by atoms with E-state index in [1.807, 2.05) is 18.0 Å². The van der Waals surface area contributed by atoms with Crippen molar-refractivity contribution in [1.29, 1.82) is 0 Å². The fraction of sp³-hybridized carbons (Fsp3) is 0.250. The summed E-state index contributed by atoms with van der Waals surface area (Å²) < 4.78 is 23.2. The summed E-state index contributed by atoms with van der Waals surface area (Å²) in [6.07, 6.45) is 5.07. The van der Waals surface area contributed by atoms with Crippen molar-refractivity contribution in [2.24, 2.45) is 7.05 Å². The maximum atomic E-state index is 15.6. The van der Waals surface area contributed by atoms with Crippen molar-refractivity contribution in [3.63, 3.8) is 0 Å². The van der Waals surface area contributed by atoms with Crippen LogP contribution in [0.4, 0.5) is 21.8 Å². The van der Waals surface area contributed by atoms with Crippen LogP contribution >= 0.6 is 0 Å². The molecule has 0 spiro atoms. The molecular weight excluding hydrogens is 527 g/mol. The Morgan fingerprint density at radius 1 is 1.22 bits per heavy atom. The number of aryl methyl sites for hydroxylation is 1. The van der Waals surface area contributed by atoms with Crippen LogP contribution in [0.3, 0.4) is 0 Å². The van der Waals surface area contributed by atoms with Crippen molar-refractivity contribution in [1.82, 2.24) is 39.8 Å². The van der Waals surface area contributed by atoms with E-state index in [9.17, 15) is 4.79 Å². The molecule has 0 aliphatic carbocycles. The van der Waals surface area contributed by atoms with Crippen molar-refractivity contribution in [2.45, 2.75) is 19.4 Å². The van der Waals surface area contributed by atoms with E-state index in [-0.39, 0.29) is 17.6 Å². The van der Waals surface area contributed by atoms with E-state index in [1.165, 1.54) is 12.4 Å². The zero-order chi connectivity index (χ0) is 28.7. The molecule has 6 rings (SSSR count). The molecule has 1 saturated heterocycles. The molecule has 1 unspecified atom stereocenters. The van der Waals surface area contributed by atoms with Crippen molar-refractivity contribution >= 4 is 45.4 Å². The number of rotatable bonds is 7. The number of hydrogen-bond donors (Lipinski definition) is 1. The number of ether oxygens (including phenoxy) is 1. The summed E-state index contributed by atoms with van der Waals surface area (Å²) in [6, 6.07) is 8.70. The van der Waals surface area contributed by atoms with Crippen LogP contribution in [0.25, 0.3) is 22.1 Å². The lowest BCUT2D eigenvalue weighted by Crippen LogP contribution is -2.38. The topological polar surface area (TPSA) is 127 Å². The standard InChI is InChI=1S/C28H27FN10O2/c1-5-24(40)37(3)17-10-11-39(14-17)28-30-13-21-26(34-28)27(32-15-31-21)33-19-7-9-23(16(2)25(19)29)41-18-6-8-22-20(12-18)35-36-38(22)4/h5-9,12-13,15,17H,1,10-11,14H2,2-4H3,(H,31,32,33). The van der Waals surface area contributed by atoms with E-state index in [1.54, 1.807) is 54.0 Å². The Morgan fingerprint density at radius 2 is 2.07 bits per heavy atom. The quantitative estimate of drug-likeness (QED) is 0.296. The van der Waals surface area contributed by atoms with Gasteiger partial charge < -0.3 is 19.9 Å². The molecule has 1 fully saturated rings. The molecule has 1 amide bonds. The first-order valence-electron chi connectivity index (χ1n) is 13.0. The van der Waals surface area contributed by atoms with Crippen LogP contribution in [0.15, 0.2) is 55.5 Å². The number of nitrogens with one attached hydrogen (secondary N) is 1. The maximum absolute atomic E-state index is 15.6. The molecule has 1 aliphatic heterocycles. The second-order valence-corrected chi connectivity index (χ2v) is 9.81. The summed E-state index contributed by atoms with van der Waals surface area (Å²) in [6.45, 7) is 6.47. The number of benzene rings is 2. The van der Waals surface area contributed by atoms with Crippen molar-refractivity contribution < 1.29 is 13.9 Å². The smallest absolute Gasteiger partial charge is 0.246 e. The Bertz CT molecular complexity index is 1810. The number of carbonyl (C=O) groups is 1. The highest BCUT2D eigenvalue weighted by molar-refractivity contribution is 5.88. The van der Waals surface area contributed by atoms with E-state index in [0.717, 1.165) is 11.9 Å². The maximum Gasteiger partial charge on any atom is 0.246 e. The molecule has 1 aliphatic rings. The lowest BCUT2D eigenvalue weighted by atomic mass is 10.1. The third-order valence-corrected chi connectivity index (χ3v) is 7.28. The summed E-state index contributed by atoms with van der Waals surface area (Å²) in [5.41, 5.74) is 3.04. The highest BCUT2D eigenvalue weighted by Crippen LogP contribution is 2.33. The highest BCUT2D eigenvalue weighted by Gasteiger charge is 2.29. The lowest BCUT2D eigenvalue weighted by molar-refractivity contribution is -0.126. The number of nitrogens with zero attached hydrogens (tertiary/aromatic N) is 9. The lowest BCUT2D eigenvalue weighted by Gasteiger charge is -2.23. The minimum atomic E-state index is -0.485. The molecule has 0 saturated carbocycles. The number of likely N-dealkylation sites (N-methyl/N-ethyl adjacent to an activating group) is 1. The summed E-state index contributed by atoms with van der Waals surface area (Å²) in [5, 5.41) is 11.2. The SMILES string of the molecule is C=CC(=O)N(C)C1CCN(c2ncc3ncnc(Nc4ccc(Oc5ccc6c(c5)nnn6C)c(C)c4F)c3n2)C1. The highest BCUT2D eigenvalue weighted by atomic mass is 19.1. The number of aromatic nitrogens is 7. The Hall–Kier alpha value is -5.20. The van der Waals surface area contributed by atoms with E-state index < -0.39 is 5.82 Å². The normalized spacial score (nSPS) is 14.9. The van der Waals surface area contributed by atoms with Crippen LogP contribution in [0.5, 0.6) is 11.5 Å². The molecule has 3 aromatic heterocycles. The Labute approximate surface area is 234 Å². The molecule has 0 radical (unpaired) electrons. The number of halogens is 1. The van der Waals surface area contributed by atoms with Crippen molar-refractivity contribution in [3.05, 3.63) is 66.9 Å². The van der Waals surface area contributed by atoms with Gasteiger partial charge in [-0.1, -0.05) is 11.8 Å². The van der Waals surface area contributed by atoms with Gasteiger partial charge in [-0.05, 0) is 43.7 Å². The van der Waals surface area contributed by atoms with E-state index >= 15 is 4.39 Å². The van der Waals surface area contributed by atoms with Gasteiger partial charge in [0, 0.05) is 38.8 Å². The van der Waals surface area contributed by atoms with Gasteiger partial charge in [0.15, 0.2) is 11.6 Å². The van der Waals surface area contributed by atoms with Gasteiger partial charge in [0.2, 0.25) is 11.9 Å². The summed E-state index contributed by atoms with van der Waals surface area (Å²) in [4.78, 5) is 33.5. The zero-order valence-corrected chi connectivity index (χ0v) is 22.7. The average Bonchev–Trinajstić information content (AvgIpc) is 3.63. The molecular formula is C28H27FN10O2. The predicted molar refractivity (Wildman–Crippen MR) is 152 cm³/mol. The molecule has 13 heteroatoms. The predicted octanol–water partition coefficient (Wildman–Crippen LogP) is 3.91. The minimum Gasteiger partial charge on any atom is -0.457 e.